The summed E-state index contributed by atoms with van der Waals surface area (Å²) in [6.45, 7) is 1.90. The molecule has 0 aliphatic rings. The lowest BCUT2D eigenvalue weighted by atomic mass is 10.2. The second-order valence-electron chi connectivity index (χ2n) is 5.19. The molecule has 168 valence electrons. The van der Waals surface area contributed by atoms with E-state index < -0.39 is 42.6 Å². The van der Waals surface area contributed by atoms with Gasteiger partial charge >= 0.3 is 21.3 Å². The molecule has 1 aromatic carbocycles. The Morgan fingerprint density at radius 2 is 1.41 bits per heavy atom. The number of phenols is 2. The van der Waals surface area contributed by atoms with Gasteiger partial charge in [0, 0.05) is 10.7 Å². The fourth-order valence-corrected chi connectivity index (χ4v) is 2.95. The summed E-state index contributed by atoms with van der Waals surface area (Å²) >= 11 is 5.36. The molecule has 5 N–H and O–H groups in total. The molecule has 0 saturated carbocycles. The molecule has 0 unspecified atom stereocenters. The Bertz CT molecular complexity index is 865. The second kappa shape index (κ2) is 13.4. The van der Waals surface area contributed by atoms with Crippen molar-refractivity contribution in [3.8, 4) is 11.5 Å². The van der Waals surface area contributed by atoms with Crippen molar-refractivity contribution >= 4 is 53.4 Å². The maximum Gasteiger partial charge on any atom is 0.353 e. The molecule has 0 amide bonds. The highest BCUT2D eigenvalue weighted by Crippen LogP contribution is 2.33. The molecular formula is C14H20Cl2O11S2. The van der Waals surface area contributed by atoms with Crippen molar-refractivity contribution < 1.29 is 51.4 Å². The molecule has 0 bridgehead atoms. The van der Waals surface area contributed by atoms with Crippen LogP contribution >= 0.6 is 22.3 Å². The minimum Gasteiger partial charge on any atom is -0.506 e. The molecule has 0 fully saturated rings. The van der Waals surface area contributed by atoms with Crippen molar-refractivity contribution in [3.63, 3.8) is 0 Å². The Kier molecular flexibility index (Phi) is 13.6. The van der Waals surface area contributed by atoms with E-state index >= 15 is 0 Å². The lowest BCUT2D eigenvalue weighted by Gasteiger charge is -2.01. The highest BCUT2D eigenvalue weighted by molar-refractivity contribution is 8.09. The molecule has 0 radical (unpaired) electrons. The first-order valence-electron chi connectivity index (χ1n) is 7.54. The van der Waals surface area contributed by atoms with Gasteiger partial charge in [-0.15, -0.1) is 0 Å². The Morgan fingerprint density at radius 3 is 1.72 bits per heavy atom. The van der Waals surface area contributed by atoms with Crippen LogP contribution in [0.25, 0.3) is 0 Å². The number of aromatic carboxylic acids is 1. The number of unbranched alkanes of at least 4 members (excludes halogenated alkanes) is 1. The summed E-state index contributed by atoms with van der Waals surface area (Å²) in [6.07, 6.45) is 1.14. The summed E-state index contributed by atoms with van der Waals surface area (Å²) in [6, 6.07) is 1.93. The van der Waals surface area contributed by atoms with Crippen molar-refractivity contribution in [3.05, 3.63) is 22.7 Å². The van der Waals surface area contributed by atoms with Gasteiger partial charge in [-0.1, -0.05) is 24.9 Å². The third-order valence-electron chi connectivity index (χ3n) is 2.72. The smallest absolute Gasteiger partial charge is 0.353 e. The average Bonchev–Trinajstić information content (AvgIpc) is 2.55. The van der Waals surface area contributed by atoms with Crippen molar-refractivity contribution in [1.29, 1.82) is 0 Å². The number of aliphatic carboxylic acids is 1. The highest BCUT2D eigenvalue weighted by Gasteiger charge is 2.12. The van der Waals surface area contributed by atoms with Gasteiger partial charge in [0.25, 0.3) is 0 Å². The van der Waals surface area contributed by atoms with Gasteiger partial charge < -0.3 is 20.4 Å². The first-order chi connectivity index (χ1) is 13.0. The van der Waals surface area contributed by atoms with Crippen LogP contribution in [0.2, 0.25) is 5.02 Å². The van der Waals surface area contributed by atoms with Gasteiger partial charge in [-0.25, -0.2) is 13.2 Å². The van der Waals surface area contributed by atoms with Gasteiger partial charge in [0.1, 0.15) is 16.5 Å². The molecule has 0 spiro atoms. The van der Waals surface area contributed by atoms with Crippen LogP contribution in [0.3, 0.4) is 0 Å². The third kappa shape index (κ3) is 18.0. The summed E-state index contributed by atoms with van der Waals surface area (Å²) in [4.78, 5) is 20.4. The monoisotopic (exact) mass is 498 g/mol. The van der Waals surface area contributed by atoms with Crippen LogP contribution in [0.15, 0.2) is 12.1 Å². The molecule has 11 nitrogen and oxygen atoms in total. The largest absolute Gasteiger partial charge is 0.506 e. The Balaban J connectivity index is 0. The fourth-order valence-electron chi connectivity index (χ4n) is 1.43. The molecule has 0 aliphatic carbocycles. The third-order valence-corrected chi connectivity index (χ3v) is 4.84. The number of phenolic OH excluding ortho intramolecular Hbond substituents is 2. The number of sulfone groups is 1. The first-order valence-corrected chi connectivity index (χ1v) is 12.0. The summed E-state index contributed by atoms with van der Waals surface area (Å²) in [7, 11) is -3.26. The van der Waals surface area contributed by atoms with E-state index in [1.165, 1.54) is 0 Å². The molecule has 15 heteroatoms. The summed E-state index contributed by atoms with van der Waals surface area (Å²) in [5, 5.41) is 34.4. The van der Waals surface area contributed by atoms with Crippen LogP contribution in [-0.4, -0.2) is 65.3 Å². The van der Waals surface area contributed by atoms with Gasteiger partial charge in [0.2, 0.25) is 0 Å². The molecule has 1 aromatic rings. The minimum absolute atomic E-state index is 0.108. The maximum atomic E-state index is 11.0. The van der Waals surface area contributed by atoms with Crippen molar-refractivity contribution in [2.24, 2.45) is 0 Å². The summed E-state index contributed by atoms with van der Waals surface area (Å²) in [5.74, 6) is -3.32. The molecule has 1 rings (SSSR count). The van der Waals surface area contributed by atoms with Crippen molar-refractivity contribution in [2.45, 2.75) is 26.2 Å². The van der Waals surface area contributed by atoms with Gasteiger partial charge in [-0.2, -0.15) is 8.42 Å². The lowest BCUT2D eigenvalue weighted by Crippen LogP contribution is -2.14. The van der Waals surface area contributed by atoms with E-state index in [0.29, 0.717) is 6.42 Å². The second-order valence-corrected chi connectivity index (χ2v) is 9.87. The van der Waals surface area contributed by atoms with Gasteiger partial charge in [0.15, 0.2) is 9.84 Å². The van der Waals surface area contributed by atoms with Gasteiger partial charge in [-0.05, 0) is 18.6 Å². The molecule has 29 heavy (non-hydrogen) atoms. The first kappa shape index (κ1) is 29.4. The molecular weight excluding hydrogens is 479 g/mol. The van der Waals surface area contributed by atoms with Crippen LogP contribution in [0.5, 0.6) is 11.5 Å². The van der Waals surface area contributed by atoms with Crippen LogP contribution in [0.1, 0.15) is 36.5 Å². The molecule has 0 aromatic heterocycles. The van der Waals surface area contributed by atoms with E-state index in [4.69, 9.17) is 45.0 Å². The fraction of sp³-hybridized carbons (Fsp3) is 0.429. The van der Waals surface area contributed by atoms with Gasteiger partial charge in [-0.3, -0.25) is 9.35 Å². The van der Waals surface area contributed by atoms with Crippen LogP contribution in [-0.2, 0) is 24.0 Å². The number of carboxylic acid groups (broad SMARTS) is 2. The van der Waals surface area contributed by atoms with Crippen LogP contribution in [0.4, 0.5) is 0 Å². The van der Waals surface area contributed by atoms with Crippen molar-refractivity contribution in [2.75, 3.05) is 11.5 Å². The summed E-state index contributed by atoms with van der Waals surface area (Å²) in [5.41, 5.74) is -0.214. The Labute approximate surface area is 176 Å². The number of rotatable bonds is 7. The van der Waals surface area contributed by atoms with Crippen LogP contribution < -0.4 is 0 Å². The Morgan fingerprint density at radius 1 is 1.00 bits per heavy atom. The van der Waals surface area contributed by atoms with E-state index in [1.807, 2.05) is 6.92 Å². The maximum absolute atomic E-state index is 11.0. The zero-order chi connectivity index (χ0) is 23.4. The molecule has 0 atom stereocenters. The zero-order valence-electron chi connectivity index (χ0n) is 14.9. The van der Waals surface area contributed by atoms with Crippen molar-refractivity contribution in [1.82, 2.24) is 0 Å². The SMILES string of the molecule is CCCCS(=O)(=O)CCC(=O)O.O=C(O)c1cc(O)c(Cl)c(O)c1.O=S(=O)(O)Cl. The quantitative estimate of drug-likeness (QED) is 0.272. The number of hydrogen-bond acceptors (Lipinski definition) is 8. The van der Waals surface area contributed by atoms with E-state index in [1.54, 1.807) is 0 Å². The number of carboxylic acids is 2. The topological polar surface area (TPSA) is 204 Å². The number of hydrogen-bond donors (Lipinski definition) is 5. The van der Waals surface area contributed by atoms with Crippen LogP contribution in [0, 0.1) is 0 Å². The number of benzene rings is 1. The predicted molar refractivity (Wildman–Crippen MR) is 105 cm³/mol. The molecule has 0 heterocycles. The average molecular weight is 499 g/mol. The Hall–Kier alpha value is -1.80. The van der Waals surface area contributed by atoms with E-state index in [-0.39, 0.29) is 28.5 Å². The normalized spacial score (nSPS) is 10.8. The number of halogens is 2. The zero-order valence-corrected chi connectivity index (χ0v) is 18.1. The summed E-state index contributed by atoms with van der Waals surface area (Å²) < 4.78 is 47.2. The standard InChI is InChI=1S/C7H5ClO4.C7H14O4S.ClHO3S/c8-6-4(9)1-3(7(11)12)2-5(6)10;1-2-3-5-12(10,11)6-4-7(8)9;1-5(2,3)4/h1-2,9-10H,(H,11,12);2-6H2,1H3,(H,8,9);(H,2,3,4). The number of carbonyl (C=O) groups is 2. The molecule has 0 aliphatic heterocycles. The van der Waals surface area contributed by atoms with E-state index in [2.05, 4.69) is 10.7 Å². The number of aromatic hydroxyl groups is 2. The lowest BCUT2D eigenvalue weighted by molar-refractivity contribution is -0.136. The molecule has 0 saturated heterocycles. The van der Waals surface area contributed by atoms with E-state index in [9.17, 15) is 18.0 Å². The highest BCUT2D eigenvalue weighted by atomic mass is 35.7. The minimum atomic E-state index is -4.19. The van der Waals surface area contributed by atoms with Gasteiger partial charge in [0.05, 0.1) is 23.5 Å². The van der Waals surface area contributed by atoms with E-state index in [0.717, 1.165) is 18.6 Å². The predicted octanol–water partition coefficient (Wildman–Crippen LogP) is 2.15.